The maximum Gasteiger partial charge on any atom is 0.407 e. The number of ether oxygens (including phenoxy) is 1. The molecule has 0 aliphatic rings. The van der Waals surface area contributed by atoms with Crippen molar-refractivity contribution in [3.8, 4) is 5.75 Å². The monoisotopic (exact) mass is 252 g/mol. The van der Waals surface area contributed by atoms with Crippen LogP contribution in [0.2, 0.25) is 0 Å². The predicted molar refractivity (Wildman–Crippen MR) is 69.3 cm³/mol. The van der Waals surface area contributed by atoms with E-state index in [9.17, 15) is 4.79 Å². The minimum atomic E-state index is -0.521. The molecular formula is C13H20N2O3. The van der Waals surface area contributed by atoms with Crippen molar-refractivity contribution in [2.75, 3.05) is 6.54 Å². The van der Waals surface area contributed by atoms with Crippen LogP contribution in [-0.2, 0) is 4.74 Å². The van der Waals surface area contributed by atoms with E-state index in [0.717, 1.165) is 5.56 Å². The fourth-order valence-electron chi connectivity index (χ4n) is 1.35. The number of nitrogens with one attached hydrogen (secondary N) is 1. The first-order valence-corrected chi connectivity index (χ1v) is 5.79. The second-order valence-electron chi connectivity index (χ2n) is 5.08. The van der Waals surface area contributed by atoms with Crippen LogP contribution < -0.4 is 11.1 Å². The lowest BCUT2D eigenvalue weighted by atomic mass is 10.1. The second-order valence-corrected chi connectivity index (χ2v) is 5.08. The third-order valence-corrected chi connectivity index (χ3v) is 2.19. The lowest BCUT2D eigenvalue weighted by molar-refractivity contribution is 0.0524. The van der Waals surface area contributed by atoms with Gasteiger partial charge in [0.2, 0.25) is 0 Å². The highest BCUT2D eigenvalue weighted by Gasteiger charge is 2.16. The number of hydrogen-bond acceptors (Lipinski definition) is 4. The zero-order valence-corrected chi connectivity index (χ0v) is 10.9. The normalized spacial score (nSPS) is 12.9. The molecule has 0 aliphatic carbocycles. The van der Waals surface area contributed by atoms with Gasteiger partial charge < -0.3 is 20.9 Å². The molecule has 0 aliphatic heterocycles. The first kappa shape index (κ1) is 14.3. The minimum absolute atomic E-state index is 0.186. The topological polar surface area (TPSA) is 84.6 Å². The first-order valence-electron chi connectivity index (χ1n) is 5.79. The summed E-state index contributed by atoms with van der Waals surface area (Å²) in [6, 6.07) is 6.22. The summed E-state index contributed by atoms with van der Waals surface area (Å²) in [5.41, 5.74) is 6.22. The van der Waals surface area contributed by atoms with Gasteiger partial charge in [0, 0.05) is 12.6 Å². The number of phenols is 1. The van der Waals surface area contributed by atoms with Crippen molar-refractivity contribution in [1.29, 1.82) is 0 Å². The Hall–Kier alpha value is -1.75. The summed E-state index contributed by atoms with van der Waals surface area (Å²) in [4.78, 5) is 11.4. The van der Waals surface area contributed by atoms with Crippen molar-refractivity contribution in [1.82, 2.24) is 5.32 Å². The standard InChI is InChI=1S/C13H20N2O3/c1-13(2,3)18-12(17)15-8-11(14)9-4-6-10(16)7-5-9/h4-7,11,16H,8,14H2,1-3H3,(H,15,17). The molecule has 1 aromatic carbocycles. The van der Waals surface area contributed by atoms with Crippen LogP contribution in [-0.4, -0.2) is 23.3 Å². The number of carbonyl (C=O) groups is 1. The molecule has 0 bridgehead atoms. The maximum absolute atomic E-state index is 11.4. The van der Waals surface area contributed by atoms with Crippen LogP contribution in [0, 0.1) is 0 Å². The van der Waals surface area contributed by atoms with Gasteiger partial charge >= 0.3 is 6.09 Å². The fraction of sp³-hybridized carbons (Fsp3) is 0.462. The Balaban J connectivity index is 2.44. The quantitative estimate of drug-likeness (QED) is 0.767. The molecule has 0 saturated heterocycles. The summed E-state index contributed by atoms with van der Waals surface area (Å²) < 4.78 is 5.10. The van der Waals surface area contributed by atoms with Gasteiger partial charge in [0.15, 0.2) is 0 Å². The van der Waals surface area contributed by atoms with Crippen LogP contribution in [0.15, 0.2) is 24.3 Å². The molecule has 0 saturated carbocycles. The number of benzene rings is 1. The highest BCUT2D eigenvalue weighted by molar-refractivity contribution is 5.67. The van der Waals surface area contributed by atoms with Gasteiger partial charge in [0.05, 0.1) is 0 Å². The molecule has 0 spiro atoms. The van der Waals surface area contributed by atoms with Gasteiger partial charge in [0.1, 0.15) is 11.4 Å². The number of amides is 1. The molecule has 1 unspecified atom stereocenters. The van der Waals surface area contributed by atoms with E-state index in [1.54, 1.807) is 45.0 Å². The summed E-state index contributed by atoms with van der Waals surface area (Å²) >= 11 is 0. The Morgan fingerprint density at radius 2 is 1.94 bits per heavy atom. The van der Waals surface area contributed by atoms with Crippen LogP contribution in [0.1, 0.15) is 32.4 Å². The van der Waals surface area contributed by atoms with Crippen molar-refractivity contribution in [3.63, 3.8) is 0 Å². The van der Waals surface area contributed by atoms with Crippen LogP contribution in [0.25, 0.3) is 0 Å². The van der Waals surface area contributed by atoms with Crippen LogP contribution in [0.4, 0.5) is 4.79 Å². The summed E-state index contributed by atoms with van der Waals surface area (Å²) in [5.74, 6) is 0.186. The summed E-state index contributed by atoms with van der Waals surface area (Å²) in [7, 11) is 0. The number of aromatic hydroxyl groups is 1. The van der Waals surface area contributed by atoms with E-state index >= 15 is 0 Å². The van der Waals surface area contributed by atoms with Crippen LogP contribution >= 0.6 is 0 Å². The van der Waals surface area contributed by atoms with E-state index in [0.29, 0.717) is 0 Å². The minimum Gasteiger partial charge on any atom is -0.508 e. The Labute approximate surface area is 107 Å². The average Bonchev–Trinajstić information content (AvgIpc) is 2.24. The Kier molecular flexibility index (Phi) is 4.55. The molecule has 1 amide bonds. The average molecular weight is 252 g/mol. The molecule has 100 valence electrons. The summed E-state index contributed by atoms with van der Waals surface area (Å²) in [5, 5.41) is 11.8. The molecule has 1 atom stereocenters. The van der Waals surface area contributed by atoms with E-state index in [2.05, 4.69) is 5.32 Å². The molecular weight excluding hydrogens is 232 g/mol. The smallest absolute Gasteiger partial charge is 0.407 e. The highest BCUT2D eigenvalue weighted by Crippen LogP contribution is 2.14. The number of phenolic OH excluding ortho intramolecular Hbond substituents is 1. The zero-order valence-electron chi connectivity index (χ0n) is 10.9. The molecule has 4 N–H and O–H groups in total. The van der Waals surface area contributed by atoms with Crippen molar-refractivity contribution < 1.29 is 14.6 Å². The van der Waals surface area contributed by atoms with E-state index in [1.807, 2.05) is 0 Å². The van der Waals surface area contributed by atoms with E-state index < -0.39 is 11.7 Å². The van der Waals surface area contributed by atoms with Gasteiger partial charge in [-0.05, 0) is 38.5 Å². The third-order valence-electron chi connectivity index (χ3n) is 2.19. The number of hydrogen-bond donors (Lipinski definition) is 3. The summed E-state index contributed by atoms with van der Waals surface area (Å²) in [6.07, 6.45) is -0.489. The van der Waals surface area contributed by atoms with Gasteiger partial charge in [-0.25, -0.2) is 4.79 Å². The SMILES string of the molecule is CC(C)(C)OC(=O)NCC(N)c1ccc(O)cc1. The fourth-order valence-corrected chi connectivity index (χ4v) is 1.35. The van der Waals surface area contributed by atoms with Crippen LogP contribution in [0.3, 0.4) is 0 Å². The van der Waals surface area contributed by atoms with Gasteiger partial charge in [-0.1, -0.05) is 12.1 Å². The predicted octanol–water partition coefficient (Wildman–Crippen LogP) is 1.92. The molecule has 5 nitrogen and oxygen atoms in total. The molecule has 18 heavy (non-hydrogen) atoms. The van der Waals surface area contributed by atoms with Gasteiger partial charge in [0.25, 0.3) is 0 Å². The Bertz CT molecular complexity index is 396. The highest BCUT2D eigenvalue weighted by atomic mass is 16.6. The Morgan fingerprint density at radius 3 is 2.44 bits per heavy atom. The largest absolute Gasteiger partial charge is 0.508 e. The van der Waals surface area contributed by atoms with Crippen molar-refractivity contribution in [3.05, 3.63) is 29.8 Å². The molecule has 0 radical (unpaired) electrons. The number of carbonyl (C=O) groups excluding carboxylic acids is 1. The number of nitrogens with two attached hydrogens (primary N) is 1. The molecule has 1 rings (SSSR count). The lowest BCUT2D eigenvalue weighted by Crippen LogP contribution is -2.36. The van der Waals surface area contributed by atoms with Crippen molar-refractivity contribution in [2.45, 2.75) is 32.4 Å². The molecule has 1 aromatic rings. The Morgan fingerprint density at radius 1 is 1.39 bits per heavy atom. The van der Waals surface area contributed by atoms with E-state index in [4.69, 9.17) is 15.6 Å². The van der Waals surface area contributed by atoms with Gasteiger partial charge in [-0.15, -0.1) is 0 Å². The van der Waals surface area contributed by atoms with Crippen molar-refractivity contribution >= 4 is 6.09 Å². The second kappa shape index (κ2) is 5.73. The van der Waals surface area contributed by atoms with E-state index in [1.165, 1.54) is 0 Å². The lowest BCUT2D eigenvalue weighted by Gasteiger charge is -2.20. The molecule has 0 heterocycles. The van der Waals surface area contributed by atoms with E-state index in [-0.39, 0.29) is 18.3 Å². The van der Waals surface area contributed by atoms with Gasteiger partial charge in [-0.2, -0.15) is 0 Å². The van der Waals surface area contributed by atoms with Gasteiger partial charge in [-0.3, -0.25) is 0 Å². The molecule has 0 fully saturated rings. The summed E-state index contributed by atoms with van der Waals surface area (Å²) in [6.45, 7) is 5.67. The molecule has 5 heteroatoms. The molecule has 0 aromatic heterocycles. The number of alkyl carbamates (subject to hydrolysis) is 1. The van der Waals surface area contributed by atoms with Crippen LogP contribution in [0.5, 0.6) is 5.75 Å². The first-order chi connectivity index (χ1) is 8.28. The number of rotatable bonds is 3. The zero-order chi connectivity index (χ0) is 13.8. The maximum atomic E-state index is 11.4. The van der Waals surface area contributed by atoms with Crippen molar-refractivity contribution in [2.24, 2.45) is 5.73 Å². The third kappa shape index (κ3) is 5.05.